The van der Waals surface area contributed by atoms with E-state index in [9.17, 15) is 14.0 Å². The fourth-order valence-corrected chi connectivity index (χ4v) is 3.70. The monoisotopic (exact) mass is 334 g/mol. The zero-order chi connectivity index (χ0) is 16.2. The number of hydrogen-bond donors (Lipinski definition) is 1. The molecule has 23 heavy (non-hydrogen) atoms. The van der Waals surface area contributed by atoms with Crippen LogP contribution < -0.4 is 0 Å². The average Bonchev–Trinajstić information content (AvgIpc) is 3.24. The van der Waals surface area contributed by atoms with Crippen LogP contribution in [-0.2, 0) is 9.53 Å². The van der Waals surface area contributed by atoms with Gasteiger partial charge in [0.05, 0.1) is 0 Å². The molecule has 2 heterocycles. The first-order valence-electron chi connectivity index (χ1n) is 7.13. The first-order chi connectivity index (χ1) is 11.2. The number of thioether (sulfide) groups is 1. The number of ether oxygens (including phenoxy) is 1. The molecule has 0 spiro atoms. The first-order valence-corrected chi connectivity index (χ1v) is 8.17. The van der Waals surface area contributed by atoms with Crippen LogP contribution in [-0.4, -0.2) is 40.7 Å². The van der Waals surface area contributed by atoms with E-state index in [4.69, 9.17) is 4.74 Å². The molecule has 1 fully saturated rings. The smallest absolute Gasteiger partial charge is 0.355 e. The molecule has 5 nitrogen and oxygen atoms in total. The molecule has 0 saturated carbocycles. The van der Waals surface area contributed by atoms with Gasteiger partial charge in [0, 0.05) is 24.1 Å². The standard InChI is InChI=1S/C16H15FN2O3S/c17-12-5-2-1-4-11(12)15-19(8-9-23-15)14(20)10-22-16(21)13-6-3-7-18-13/h1-7,15,18H,8-10H2/t15-/m0/s1. The van der Waals surface area contributed by atoms with Gasteiger partial charge in [-0.1, -0.05) is 18.2 Å². The number of hydrogen-bond acceptors (Lipinski definition) is 4. The normalized spacial score (nSPS) is 17.3. The highest BCUT2D eigenvalue weighted by molar-refractivity contribution is 7.99. The van der Waals surface area contributed by atoms with Gasteiger partial charge in [0.25, 0.3) is 5.91 Å². The molecule has 0 unspecified atom stereocenters. The lowest BCUT2D eigenvalue weighted by Gasteiger charge is -2.24. The third-order valence-corrected chi connectivity index (χ3v) is 4.77. The minimum absolute atomic E-state index is 0.291. The Labute approximate surface area is 136 Å². The fraction of sp³-hybridized carbons (Fsp3) is 0.250. The molecule has 1 aromatic carbocycles. The Morgan fingerprint density at radius 3 is 2.87 bits per heavy atom. The fourth-order valence-electron chi connectivity index (χ4n) is 2.40. The van der Waals surface area contributed by atoms with Crippen molar-refractivity contribution in [2.24, 2.45) is 0 Å². The van der Waals surface area contributed by atoms with E-state index in [0.717, 1.165) is 5.75 Å². The molecular weight excluding hydrogens is 319 g/mol. The van der Waals surface area contributed by atoms with E-state index < -0.39 is 5.97 Å². The number of carbonyl (C=O) groups excluding carboxylic acids is 2. The van der Waals surface area contributed by atoms with E-state index in [1.165, 1.54) is 17.8 Å². The topological polar surface area (TPSA) is 62.4 Å². The number of rotatable bonds is 4. The van der Waals surface area contributed by atoms with Crippen LogP contribution in [0.25, 0.3) is 0 Å². The molecule has 1 aliphatic heterocycles. The summed E-state index contributed by atoms with van der Waals surface area (Å²) in [5.41, 5.74) is 0.762. The molecular formula is C16H15FN2O3S. The van der Waals surface area contributed by atoms with Crippen LogP contribution in [0, 0.1) is 5.82 Å². The number of H-pyrrole nitrogens is 1. The van der Waals surface area contributed by atoms with Crippen molar-refractivity contribution in [3.63, 3.8) is 0 Å². The summed E-state index contributed by atoms with van der Waals surface area (Å²) in [7, 11) is 0. The van der Waals surface area contributed by atoms with Gasteiger partial charge < -0.3 is 14.6 Å². The Morgan fingerprint density at radius 1 is 1.30 bits per heavy atom. The summed E-state index contributed by atoms with van der Waals surface area (Å²) in [5, 5.41) is -0.382. The molecule has 2 aromatic rings. The summed E-state index contributed by atoms with van der Waals surface area (Å²) in [6, 6.07) is 9.64. The predicted molar refractivity (Wildman–Crippen MR) is 84.4 cm³/mol. The van der Waals surface area contributed by atoms with Gasteiger partial charge in [0.2, 0.25) is 0 Å². The van der Waals surface area contributed by atoms with Gasteiger partial charge >= 0.3 is 5.97 Å². The maximum absolute atomic E-state index is 13.9. The van der Waals surface area contributed by atoms with Crippen molar-refractivity contribution >= 4 is 23.6 Å². The van der Waals surface area contributed by atoms with E-state index >= 15 is 0 Å². The van der Waals surface area contributed by atoms with Crippen molar-refractivity contribution in [1.29, 1.82) is 0 Å². The lowest BCUT2D eigenvalue weighted by atomic mass is 10.2. The van der Waals surface area contributed by atoms with Gasteiger partial charge in [-0.2, -0.15) is 0 Å². The average molecular weight is 334 g/mol. The minimum atomic E-state index is -0.586. The van der Waals surface area contributed by atoms with Gasteiger partial charge in [-0.15, -0.1) is 11.8 Å². The van der Waals surface area contributed by atoms with Crippen LogP contribution in [0.3, 0.4) is 0 Å². The highest BCUT2D eigenvalue weighted by Gasteiger charge is 2.32. The Hall–Kier alpha value is -2.28. The largest absolute Gasteiger partial charge is 0.451 e. The van der Waals surface area contributed by atoms with Crippen molar-refractivity contribution in [2.45, 2.75) is 5.37 Å². The number of nitrogens with one attached hydrogen (secondary N) is 1. The molecule has 0 bridgehead atoms. The number of halogens is 1. The van der Waals surface area contributed by atoms with Gasteiger partial charge in [-0.3, -0.25) is 4.79 Å². The van der Waals surface area contributed by atoms with Gasteiger partial charge in [0.15, 0.2) is 6.61 Å². The van der Waals surface area contributed by atoms with Crippen molar-refractivity contribution in [1.82, 2.24) is 9.88 Å². The summed E-state index contributed by atoms with van der Waals surface area (Å²) < 4.78 is 18.9. The lowest BCUT2D eigenvalue weighted by molar-refractivity contribution is -0.134. The highest BCUT2D eigenvalue weighted by Crippen LogP contribution is 2.38. The second-order valence-corrected chi connectivity index (χ2v) is 6.18. The molecule has 1 aromatic heterocycles. The van der Waals surface area contributed by atoms with Crippen molar-refractivity contribution in [2.75, 3.05) is 18.9 Å². The number of aromatic amines is 1. The zero-order valence-corrected chi connectivity index (χ0v) is 13.0. The Bertz CT molecular complexity index is 705. The molecule has 1 saturated heterocycles. The molecule has 120 valence electrons. The molecule has 1 atom stereocenters. The van der Waals surface area contributed by atoms with E-state index in [0.29, 0.717) is 17.8 Å². The van der Waals surface area contributed by atoms with E-state index in [1.54, 1.807) is 41.4 Å². The quantitative estimate of drug-likeness (QED) is 0.873. The summed E-state index contributed by atoms with van der Waals surface area (Å²) in [6.45, 7) is 0.145. The molecule has 1 amide bonds. The van der Waals surface area contributed by atoms with Crippen LogP contribution in [0.15, 0.2) is 42.6 Å². The van der Waals surface area contributed by atoms with Crippen LogP contribution >= 0.6 is 11.8 Å². The summed E-state index contributed by atoms with van der Waals surface area (Å²) >= 11 is 1.50. The number of nitrogens with zero attached hydrogens (tertiary/aromatic N) is 1. The van der Waals surface area contributed by atoms with E-state index in [1.807, 2.05) is 0 Å². The molecule has 7 heteroatoms. The lowest BCUT2D eigenvalue weighted by Crippen LogP contribution is -2.34. The second-order valence-electron chi connectivity index (χ2n) is 4.99. The van der Waals surface area contributed by atoms with Gasteiger partial charge in [-0.05, 0) is 18.2 Å². The molecule has 1 aliphatic rings. The number of esters is 1. The second kappa shape index (κ2) is 6.87. The Balaban J connectivity index is 1.64. The van der Waals surface area contributed by atoms with Crippen molar-refractivity contribution < 1.29 is 18.7 Å². The van der Waals surface area contributed by atoms with Gasteiger partial charge in [0.1, 0.15) is 16.9 Å². The van der Waals surface area contributed by atoms with E-state index in [-0.39, 0.29) is 23.7 Å². The molecule has 0 aliphatic carbocycles. The first kappa shape index (κ1) is 15.6. The van der Waals surface area contributed by atoms with Crippen LogP contribution in [0.2, 0.25) is 0 Å². The maximum atomic E-state index is 13.9. The van der Waals surface area contributed by atoms with Crippen LogP contribution in [0.5, 0.6) is 0 Å². The van der Waals surface area contributed by atoms with E-state index in [2.05, 4.69) is 4.98 Å². The number of amides is 1. The van der Waals surface area contributed by atoms with Gasteiger partial charge in [-0.25, -0.2) is 9.18 Å². The zero-order valence-electron chi connectivity index (χ0n) is 12.2. The summed E-state index contributed by atoms with van der Waals surface area (Å²) in [4.78, 5) is 28.3. The molecule has 1 N–H and O–H groups in total. The SMILES string of the molecule is O=C(OCC(=O)N1CCS[C@H]1c1ccccc1F)c1ccc[nH]1. The third-order valence-electron chi connectivity index (χ3n) is 3.53. The van der Waals surface area contributed by atoms with Crippen LogP contribution in [0.1, 0.15) is 21.4 Å². The summed E-state index contributed by atoms with van der Waals surface area (Å²) in [5.74, 6) is -0.538. The maximum Gasteiger partial charge on any atom is 0.355 e. The third kappa shape index (κ3) is 3.39. The summed E-state index contributed by atoms with van der Waals surface area (Å²) in [6.07, 6.45) is 1.60. The number of carbonyl (C=O) groups is 2. The minimum Gasteiger partial charge on any atom is -0.451 e. The molecule has 0 radical (unpaired) electrons. The van der Waals surface area contributed by atoms with Crippen LogP contribution in [0.4, 0.5) is 4.39 Å². The number of benzene rings is 1. The molecule has 3 rings (SSSR count). The van der Waals surface area contributed by atoms with Crippen molar-refractivity contribution in [3.05, 3.63) is 59.7 Å². The Morgan fingerprint density at radius 2 is 2.13 bits per heavy atom. The number of aromatic nitrogens is 1. The highest BCUT2D eigenvalue weighted by atomic mass is 32.2. The predicted octanol–water partition coefficient (Wildman–Crippen LogP) is 2.58. The Kier molecular flexibility index (Phi) is 4.66. The van der Waals surface area contributed by atoms with Crippen molar-refractivity contribution in [3.8, 4) is 0 Å².